The molecule has 0 spiro atoms. The van der Waals surface area contributed by atoms with Crippen molar-refractivity contribution in [1.29, 1.82) is 0 Å². The summed E-state index contributed by atoms with van der Waals surface area (Å²) in [6.07, 6.45) is 2.33. The molecule has 1 heterocycles. The van der Waals surface area contributed by atoms with E-state index in [-0.39, 0.29) is 5.91 Å². The number of anilines is 2. The number of aromatic nitrogens is 1. The van der Waals surface area contributed by atoms with Crippen LogP contribution in [0, 0.1) is 0 Å². The summed E-state index contributed by atoms with van der Waals surface area (Å²) in [5, 5.41) is 8.71. The summed E-state index contributed by atoms with van der Waals surface area (Å²) in [6, 6.07) is 23.0. The quantitative estimate of drug-likeness (QED) is 0.399. The van der Waals surface area contributed by atoms with Crippen molar-refractivity contribution in [2.75, 3.05) is 19.0 Å². The van der Waals surface area contributed by atoms with Crippen LogP contribution in [0.25, 0.3) is 10.8 Å². The number of nitrogens with zero attached hydrogens (tertiary/aromatic N) is 1. The van der Waals surface area contributed by atoms with Gasteiger partial charge >= 0.3 is 0 Å². The number of hydrogen-bond donors (Lipinski definition) is 2. The number of halogens is 1. The van der Waals surface area contributed by atoms with E-state index < -0.39 is 0 Å². The molecule has 1 amide bonds. The fraction of sp³-hybridized carbons (Fsp3) is 0.120. The smallest absolute Gasteiger partial charge is 0.253 e. The highest BCUT2D eigenvalue weighted by Gasteiger charge is 2.14. The minimum absolute atomic E-state index is 0.151. The lowest BCUT2D eigenvalue weighted by Gasteiger charge is -2.14. The summed E-state index contributed by atoms with van der Waals surface area (Å²) in [5.74, 6) is 1.23. The Morgan fingerprint density at radius 3 is 2.45 bits per heavy atom. The van der Waals surface area contributed by atoms with Crippen molar-refractivity contribution < 1.29 is 9.53 Å². The number of ether oxygens (including phenoxy) is 1. The molecule has 2 N–H and O–H groups in total. The zero-order valence-corrected chi connectivity index (χ0v) is 17.8. The van der Waals surface area contributed by atoms with Crippen LogP contribution in [0.5, 0.6) is 5.75 Å². The minimum Gasteiger partial charge on any atom is -0.495 e. The summed E-state index contributed by atoms with van der Waals surface area (Å²) >= 11 is 5.92. The summed E-state index contributed by atoms with van der Waals surface area (Å²) in [6.45, 7) is 0.524. The fourth-order valence-electron chi connectivity index (χ4n) is 3.42. The second-order valence-electron chi connectivity index (χ2n) is 7.02. The molecule has 3 aromatic carbocycles. The summed E-state index contributed by atoms with van der Waals surface area (Å²) in [5.41, 5.74) is 2.46. The third-order valence-electron chi connectivity index (χ3n) is 5.01. The van der Waals surface area contributed by atoms with Gasteiger partial charge in [0.25, 0.3) is 5.91 Å². The fourth-order valence-corrected chi connectivity index (χ4v) is 3.54. The maximum Gasteiger partial charge on any atom is 0.253 e. The molecule has 0 aliphatic rings. The van der Waals surface area contributed by atoms with E-state index in [2.05, 4.69) is 15.6 Å². The number of rotatable bonds is 7. The van der Waals surface area contributed by atoms with Crippen molar-refractivity contribution in [2.24, 2.45) is 0 Å². The zero-order valence-electron chi connectivity index (χ0n) is 17.1. The number of carbonyl (C=O) groups excluding carboxylic acids is 1. The van der Waals surface area contributed by atoms with E-state index >= 15 is 0 Å². The molecule has 0 saturated heterocycles. The normalized spacial score (nSPS) is 10.6. The second-order valence-corrected chi connectivity index (χ2v) is 7.46. The molecule has 0 fully saturated rings. The van der Waals surface area contributed by atoms with Gasteiger partial charge in [0, 0.05) is 23.2 Å². The van der Waals surface area contributed by atoms with E-state index in [0.29, 0.717) is 22.9 Å². The van der Waals surface area contributed by atoms with Gasteiger partial charge in [0.15, 0.2) is 0 Å². The topological polar surface area (TPSA) is 63.2 Å². The Morgan fingerprint density at radius 1 is 0.968 bits per heavy atom. The van der Waals surface area contributed by atoms with Crippen LogP contribution in [0.15, 0.2) is 79.0 Å². The first kappa shape index (κ1) is 20.7. The first-order valence-corrected chi connectivity index (χ1v) is 10.3. The summed E-state index contributed by atoms with van der Waals surface area (Å²) < 4.78 is 5.42. The van der Waals surface area contributed by atoms with Gasteiger partial charge in [0.05, 0.1) is 18.4 Å². The minimum atomic E-state index is -0.151. The van der Waals surface area contributed by atoms with Crippen molar-refractivity contribution in [2.45, 2.75) is 6.42 Å². The molecule has 31 heavy (non-hydrogen) atoms. The van der Waals surface area contributed by atoms with Crippen LogP contribution in [-0.4, -0.2) is 24.5 Å². The highest BCUT2D eigenvalue weighted by atomic mass is 35.5. The Kier molecular flexibility index (Phi) is 6.34. The summed E-state index contributed by atoms with van der Waals surface area (Å²) in [7, 11) is 1.63. The largest absolute Gasteiger partial charge is 0.495 e. The predicted molar refractivity (Wildman–Crippen MR) is 126 cm³/mol. The van der Waals surface area contributed by atoms with Crippen LogP contribution in [0.2, 0.25) is 5.02 Å². The molecule has 0 saturated carbocycles. The number of nitrogens with one attached hydrogen (secondary N) is 2. The van der Waals surface area contributed by atoms with E-state index in [4.69, 9.17) is 16.3 Å². The Hall–Kier alpha value is -3.57. The Morgan fingerprint density at radius 2 is 1.68 bits per heavy atom. The van der Waals surface area contributed by atoms with Gasteiger partial charge in [-0.2, -0.15) is 0 Å². The molecule has 0 radical (unpaired) electrons. The van der Waals surface area contributed by atoms with Gasteiger partial charge in [0.1, 0.15) is 11.6 Å². The van der Waals surface area contributed by atoms with Crippen LogP contribution < -0.4 is 15.4 Å². The number of hydrogen-bond acceptors (Lipinski definition) is 4. The first-order chi connectivity index (χ1) is 15.2. The molecule has 6 heteroatoms. The van der Waals surface area contributed by atoms with E-state index in [1.165, 1.54) is 0 Å². The number of carbonyl (C=O) groups is 1. The van der Waals surface area contributed by atoms with E-state index in [0.717, 1.165) is 34.2 Å². The van der Waals surface area contributed by atoms with Crippen molar-refractivity contribution in [1.82, 2.24) is 10.3 Å². The van der Waals surface area contributed by atoms with Crippen molar-refractivity contribution in [3.63, 3.8) is 0 Å². The number of para-hydroxylation sites is 2. The average molecular weight is 432 g/mol. The monoisotopic (exact) mass is 431 g/mol. The standard InChI is InChI=1S/C25H22ClN3O2/c1-31-23-9-5-4-8-22(23)29-24-20-7-3-2-6-19(20)21(16-28-24)25(30)27-15-14-17-10-12-18(26)13-11-17/h2-13,16H,14-15H2,1H3,(H,27,30)(H,28,29). The summed E-state index contributed by atoms with van der Waals surface area (Å²) in [4.78, 5) is 17.4. The SMILES string of the molecule is COc1ccccc1Nc1ncc(C(=O)NCCc2ccc(Cl)cc2)c2ccccc12. The van der Waals surface area contributed by atoms with Crippen molar-refractivity contribution in [3.05, 3.63) is 95.1 Å². The molecular formula is C25H22ClN3O2. The number of benzene rings is 3. The van der Waals surface area contributed by atoms with E-state index in [9.17, 15) is 4.79 Å². The maximum absolute atomic E-state index is 12.9. The lowest BCUT2D eigenvalue weighted by Crippen LogP contribution is -2.26. The molecule has 0 aliphatic carbocycles. The Labute approximate surface area is 186 Å². The number of methoxy groups -OCH3 is 1. The molecular weight excluding hydrogens is 410 g/mol. The molecule has 4 rings (SSSR count). The van der Waals surface area contributed by atoms with Gasteiger partial charge in [-0.15, -0.1) is 0 Å². The van der Waals surface area contributed by atoms with Crippen LogP contribution in [0.1, 0.15) is 15.9 Å². The van der Waals surface area contributed by atoms with Gasteiger partial charge in [-0.25, -0.2) is 4.98 Å². The Bertz CT molecular complexity index is 1210. The van der Waals surface area contributed by atoms with Gasteiger partial charge in [-0.1, -0.05) is 60.1 Å². The lowest BCUT2D eigenvalue weighted by molar-refractivity contribution is 0.0955. The van der Waals surface area contributed by atoms with Crippen LogP contribution in [-0.2, 0) is 6.42 Å². The third kappa shape index (κ3) is 4.78. The van der Waals surface area contributed by atoms with Crippen molar-refractivity contribution in [3.8, 4) is 5.75 Å². The van der Waals surface area contributed by atoms with Crippen molar-refractivity contribution >= 4 is 39.8 Å². The number of amides is 1. The third-order valence-corrected chi connectivity index (χ3v) is 5.26. The molecule has 5 nitrogen and oxygen atoms in total. The lowest BCUT2D eigenvalue weighted by atomic mass is 10.1. The zero-order chi connectivity index (χ0) is 21.6. The molecule has 0 unspecified atom stereocenters. The molecule has 4 aromatic rings. The highest BCUT2D eigenvalue weighted by molar-refractivity contribution is 6.30. The van der Waals surface area contributed by atoms with Gasteiger partial charge in [0.2, 0.25) is 0 Å². The van der Waals surface area contributed by atoms with Gasteiger partial charge < -0.3 is 15.4 Å². The molecule has 1 aromatic heterocycles. The van der Waals surface area contributed by atoms with E-state index in [1.807, 2.05) is 72.8 Å². The van der Waals surface area contributed by atoms with E-state index in [1.54, 1.807) is 13.3 Å². The second kappa shape index (κ2) is 9.49. The average Bonchev–Trinajstić information content (AvgIpc) is 2.81. The number of fused-ring (bicyclic) bond motifs is 1. The van der Waals surface area contributed by atoms with Crippen LogP contribution >= 0.6 is 11.6 Å². The maximum atomic E-state index is 12.9. The molecule has 156 valence electrons. The number of pyridine rings is 1. The van der Waals surface area contributed by atoms with Crippen LogP contribution in [0.4, 0.5) is 11.5 Å². The van der Waals surface area contributed by atoms with Gasteiger partial charge in [-0.05, 0) is 41.6 Å². The molecule has 0 bridgehead atoms. The molecule has 0 atom stereocenters. The Balaban J connectivity index is 1.54. The van der Waals surface area contributed by atoms with Gasteiger partial charge in [-0.3, -0.25) is 4.79 Å². The predicted octanol–water partition coefficient (Wildman–Crippen LogP) is 5.61. The molecule has 0 aliphatic heterocycles. The van der Waals surface area contributed by atoms with Crippen LogP contribution in [0.3, 0.4) is 0 Å². The highest BCUT2D eigenvalue weighted by Crippen LogP contribution is 2.31. The first-order valence-electron chi connectivity index (χ1n) is 9.96.